The number of aromatic nitrogens is 2. The predicted molar refractivity (Wildman–Crippen MR) is 96.7 cm³/mol. The third kappa shape index (κ3) is 3.65. The van der Waals surface area contributed by atoms with Gasteiger partial charge in [0.25, 0.3) is 0 Å². The Bertz CT molecular complexity index is 905. The highest BCUT2D eigenvalue weighted by Gasteiger charge is 2.25. The van der Waals surface area contributed by atoms with Crippen LogP contribution < -0.4 is 5.32 Å². The lowest BCUT2D eigenvalue weighted by Crippen LogP contribution is -2.18. The average Bonchev–Trinajstić information content (AvgIpc) is 3.19. The SMILES string of the molecule is O=C(Cc1ccc(F)cc1)Nc1n[nH]c2c1CN(Cc1ccccc1)C2. The molecule has 132 valence electrons. The zero-order valence-electron chi connectivity index (χ0n) is 14.2. The van der Waals surface area contributed by atoms with E-state index in [4.69, 9.17) is 0 Å². The van der Waals surface area contributed by atoms with Gasteiger partial charge in [-0.2, -0.15) is 5.10 Å². The lowest BCUT2D eigenvalue weighted by molar-refractivity contribution is -0.115. The number of halogens is 1. The largest absolute Gasteiger partial charge is 0.309 e. The summed E-state index contributed by atoms with van der Waals surface area (Å²) in [5, 5.41) is 10.1. The standard InChI is InChI=1S/C20H19FN4O/c21-16-8-6-14(7-9-16)10-19(26)22-20-17-12-25(13-18(17)23-24-20)11-15-4-2-1-3-5-15/h1-9H,10-13H2,(H2,22,23,24,26). The summed E-state index contributed by atoms with van der Waals surface area (Å²) in [6, 6.07) is 16.2. The maximum absolute atomic E-state index is 13.0. The van der Waals surface area contributed by atoms with Gasteiger partial charge in [0.1, 0.15) is 5.82 Å². The van der Waals surface area contributed by atoms with Crippen molar-refractivity contribution in [3.8, 4) is 0 Å². The van der Waals surface area contributed by atoms with Gasteiger partial charge in [0.05, 0.1) is 12.1 Å². The van der Waals surface area contributed by atoms with Crippen LogP contribution >= 0.6 is 0 Å². The fourth-order valence-corrected chi connectivity index (χ4v) is 3.23. The topological polar surface area (TPSA) is 61.0 Å². The van der Waals surface area contributed by atoms with Crippen molar-refractivity contribution in [2.45, 2.75) is 26.1 Å². The molecule has 5 nitrogen and oxygen atoms in total. The van der Waals surface area contributed by atoms with E-state index in [9.17, 15) is 9.18 Å². The molecule has 0 aliphatic carbocycles. The minimum atomic E-state index is -0.308. The molecule has 0 saturated heterocycles. The van der Waals surface area contributed by atoms with E-state index in [1.54, 1.807) is 12.1 Å². The molecular formula is C20H19FN4O. The number of anilines is 1. The number of carbonyl (C=O) groups is 1. The molecule has 4 rings (SSSR count). The van der Waals surface area contributed by atoms with E-state index < -0.39 is 0 Å². The molecule has 1 aromatic heterocycles. The van der Waals surface area contributed by atoms with Gasteiger partial charge in [-0.15, -0.1) is 0 Å². The molecule has 0 bridgehead atoms. The number of aromatic amines is 1. The number of hydrogen-bond donors (Lipinski definition) is 2. The quantitative estimate of drug-likeness (QED) is 0.743. The van der Waals surface area contributed by atoms with Gasteiger partial charge in [-0.3, -0.25) is 14.8 Å². The average molecular weight is 350 g/mol. The third-order valence-corrected chi connectivity index (χ3v) is 4.50. The number of benzene rings is 2. The number of hydrogen-bond acceptors (Lipinski definition) is 3. The van der Waals surface area contributed by atoms with E-state index in [0.717, 1.165) is 36.5 Å². The van der Waals surface area contributed by atoms with Crippen LogP contribution in [0.2, 0.25) is 0 Å². The van der Waals surface area contributed by atoms with E-state index >= 15 is 0 Å². The van der Waals surface area contributed by atoms with Crippen LogP contribution in [0.1, 0.15) is 22.4 Å². The Kier molecular flexibility index (Phi) is 4.50. The van der Waals surface area contributed by atoms with Crippen molar-refractivity contribution in [2.75, 3.05) is 5.32 Å². The van der Waals surface area contributed by atoms with Crippen molar-refractivity contribution in [3.05, 3.63) is 82.8 Å². The molecule has 2 N–H and O–H groups in total. The van der Waals surface area contributed by atoms with Crippen molar-refractivity contribution >= 4 is 11.7 Å². The lowest BCUT2D eigenvalue weighted by atomic mass is 10.1. The molecule has 0 atom stereocenters. The molecule has 2 aromatic carbocycles. The number of carbonyl (C=O) groups excluding carboxylic acids is 1. The highest BCUT2D eigenvalue weighted by atomic mass is 19.1. The van der Waals surface area contributed by atoms with Gasteiger partial charge < -0.3 is 5.32 Å². The predicted octanol–water partition coefficient (Wildman–Crippen LogP) is 3.25. The Morgan fingerprint density at radius 2 is 1.85 bits per heavy atom. The number of rotatable bonds is 5. The number of fused-ring (bicyclic) bond motifs is 1. The first-order valence-electron chi connectivity index (χ1n) is 8.54. The molecule has 6 heteroatoms. The van der Waals surface area contributed by atoms with E-state index in [-0.39, 0.29) is 18.1 Å². The maximum Gasteiger partial charge on any atom is 0.230 e. The van der Waals surface area contributed by atoms with Crippen molar-refractivity contribution in [1.82, 2.24) is 15.1 Å². The van der Waals surface area contributed by atoms with E-state index in [1.807, 2.05) is 18.2 Å². The molecule has 0 unspecified atom stereocenters. The summed E-state index contributed by atoms with van der Waals surface area (Å²) < 4.78 is 13.0. The summed E-state index contributed by atoms with van der Waals surface area (Å²) in [6.07, 6.45) is 0.190. The van der Waals surface area contributed by atoms with Crippen molar-refractivity contribution < 1.29 is 9.18 Å². The Hall–Kier alpha value is -2.99. The highest BCUT2D eigenvalue weighted by Crippen LogP contribution is 2.28. The van der Waals surface area contributed by atoms with Crippen LogP contribution in [0.25, 0.3) is 0 Å². The smallest absolute Gasteiger partial charge is 0.230 e. The van der Waals surface area contributed by atoms with E-state index in [0.29, 0.717) is 5.82 Å². The van der Waals surface area contributed by atoms with Gasteiger partial charge in [0.2, 0.25) is 5.91 Å². The highest BCUT2D eigenvalue weighted by molar-refractivity contribution is 5.92. The molecule has 2 heterocycles. The molecule has 0 fully saturated rings. The molecular weight excluding hydrogens is 331 g/mol. The van der Waals surface area contributed by atoms with Gasteiger partial charge in [-0.25, -0.2) is 4.39 Å². The van der Waals surface area contributed by atoms with E-state index in [2.05, 4.69) is 32.5 Å². The first-order valence-corrected chi connectivity index (χ1v) is 8.54. The summed E-state index contributed by atoms with van der Waals surface area (Å²) in [4.78, 5) is 14.6. The summed E-state index contributed by atoms with van der Waals surface area (Å²) >= 11 is 0. The second kappa shape index (κ2) is 7.09. The van der Waals surface area contributed by atoms with Gasteiger partial charge in [-0.05, 0) is 23.3 Å². The summed E-state index contributed by atoms with van der Waals surface area (Å²) in [6.45, 7) is 2.38. The second-order valence-corrected chi connectivity index (χ2v) is 6.51. The minimum absolute atomic E-state index is 0.160. The van der Waals surface area contributed by atoms with Gasteiger partial charge >= 0.3 is 0 Å². The molecule has 3 aromatic rings. The third-order valence-electron chi connectivity index (χ3n) is 4.50. The Balaban J connectivity index is 1.38. The van der Waals surface area contributed by atoms with Crippen LogP contribution in [0.5, 0.6) is 0 Å². The Morgan fingerprint density at radius 1 is 1.08 bits per heavy atom. The molecule has 1 amide bonds. The molecule has 26 heavy (non-hydrogen) atoms. The number of nitrogens with zero attached hydrogens (tertiary/aromatic N) is 2. The Labute approximate surface area is 150 Å². The second-order valence-electron chi connectivity index (χ2n) is 6.51. The molecule has 1 aliphatic heterocycles. The number of H-pyrrole nitrogens is 1. The fourth-order valence-electron chi connectivity index (χ4n) is 3.23. The van der Waals surface area contributed by atoms with Crippen LogP contribution in [0, 0.1) is 5.82 Å². The van der Waals surface area contributed by atoms with Crippen LogP contribution in [0.4, 0.5) is 10.2 Å². The van der Waals surface area contributed by atoms with Crippen LogP contribution in [0.3, 0.4) is 0 Å². The monoisotopic (exact) mass is 350 g/mol. The first-order chi connectivity index (χ1) is 12.7. The Morgan fingerprint density at radius 3 is 2.62 bits per heavy atom. The maximum atomic E-state index is 13.0. The summed E-state index contributed by atoms with van der Waals surface area (Å²) in [5.74, 6) is 0.118. The summed E-state index contributed by atoms with van der Waals surface area (Å²) in [5.41, 5.74) is 4.10. The summed E-state index contributed by atoms with van der Waals surface area (Å²) in [7, 11) is 0. The van der Waals surface area contributed by atoms with Gasteiger partial charge in [-0.1, -0.05) is 42.5 Å². The zero-order valence-corrected chi connectivity index (χ0v) is 14.2. The lowest BCUT2D eigenvalue weighted by Gasteiger charge is -2.15. The first kappa shape index (κ1) is 16.5. The van der Waals surface area contributed by atoms with E-state index in [1.165, 1.54) is 17.7 Å². The number of amides is 1. The minimum Gasteiger partial charge on any atom is -0.309 e. The van der Waals surface area contributed by atoms with Gasteiger partial charge in [0, 0.05) is 25.2 Å². The molecule has 0 saturated carbocycles. The zero-order chi connectivity index (χ0) is 17.9. The molecule has 1 aliphatic rings. The van der Waals surface area contributed by atoms with Crippen LogP contribution in [-0.4, -0.2) is 21.0 Å². The number of nitrogens with one attached hydrogen (secondary N) is 2. The van der Waals surface area contributed by atoms with Crippen molar-refractivity contribution in [1.29, 1.82) is 0 Å². The fraction of sp³-hybridized carbons (Fsp3) is 0.200. The van der Waals surface area contributed by atoms with Crippen LogP contribution in [-0.2, 0) is 30.8 Å². The van der Waals surface area contributed by atoms with Crippen LogP contribution in [0.15, 0.2) is 54.6 Å². The van der Waals surface area contributed by atoms with Crippen molar-refractivity contribution in [2.24, 2.45) is 0 Å². The molecule has 0 radical (unpaired) electrons. The van der Waals surface area contributed by atoms with Gasteiger partial charge in [0.15, 0.2) is 5.82 Å². The molecule has 0 spiro atoms. The normalized spacial score (nSPS) is 13.6. The van der Waals surface area contributed by atoms with Crippen molar-refractivity contribution in [3.63, 3.8) is 0 Å².